The maximum Gasteiger partial charge on any atom is 0.355 e. The molecule has 4 saturated carbocycles. The summed E-state index contributed by atoms with van der Waals surface area (Å²) in [5, 5.41) is 48.1. The Morgan fingerprint density at radius 2 is 1.75 bits per heavy atom. The van der Waals surface area contributed by atoms with Crippen molar-refractivity contribution in [1.82, 2.24) is 34.8 Å². The number of aromatic carboxylic acids is 1. The van der Waals surface area contributed by atoms with Gasteiger partial charge in [-0.25, -0.2) is 14.8 Å². The topological polar surface area (TPSA) is 175 Å². The first-order valence-corrected chi connectivity index (χ1v) is 22.1. The Morgan fingerprint density at radius 3 is 2.48 bits per heavy atom. The van der Waals surface area contributed by atoms with Gasteiger partial charge >= 0.3 is 5.97 Å². The van der Waals surface area contributed by atoms with Gasteiger partial charge in [-0.05, 0) is 113 Å². The number of pyridine rings is 1. The molecule has 4 aromatic heterocycles. The number of aliphatic hydroxyl groups excluding tert-OH is 2. The lowest BCUT2D eigenvalue weighted by Crippen LogP contribution is -2.64. The molecule has 4 fully saturated rings. The second-order valence-electron chi connectivity index (χ2n) is 19.2. The summed E-state index contributed by atoms with van der Waals surface area (Å²) in [5.74, 6) is 0.628. The predicted molar refractivity (Wildman–Crippen MR) is 232 cm³/mol. The number of ether oxygens (including phenoxy) is 1. The van der Waals surface area contributed by atoms with Crippen molar-refractivity contribution in [3.63, 3.8) is 0 Å². The van der Waals surface area contributed by atoms with Crippen LogP contribution in [-0.4, -0.2) is 108 Å². The van der Waals surface area contributed by atoms with Gasteiger partial charge < -0.3 is 35.2 Å². The van der Waals surface area contributed by atoms with Crippen LogP contribution in [0.3, 0.4) is 0 Å². The van der Waals surface area contributed by atoms with Gasteiger partial charge in [-0.15, -0.1) is 10.2 Å². The molecule has 0 radical (unpaired) electrons. The average Bonchev–Trinajstić information content (AvgIpc) is 3.77. The van der Waals surface area contributed by atoms with Gasteiger partial charge in [0.25, 0.3) is 0 Å². The molecule has 318 valence electrons. The van der Waals surface area contributed by atoms with Crippen molar-refractivity contribution in [2.45, 2.75) is 91.2 Å². The van der Waals surface area contributed by atoms with Crippen LogP contribution in [0, 0.1) is 36.0 Å². The van der Waals surface area contributed by atoms with Crippen molar-refractivity contribution >= 4 is 50.1 Å². The summed E-state index contributed by atoms with van der Waals surface area (Å²) in [6, 6.07) is 11.8. The van der Waals surface area contributed by atoms with Gasteiger partial charge in [0.1, 0.15) is 5.82 Å². The minimum atomic E-state index is -1.09. The molecule has 4 atom stereocenters. The predicted octanol–water partition coefficient (Wildman–Crippen LogP) is 7.16. The van der Waals surface area contributed by atoms with Crippen molar-refractivity contribution in [2.24, 2.45) is 22.2 Å². The third-order valence-electron chi connectivity index (χ3n) is 13.8. The Kier molecular flexibility index (Phi) is 10.5. The van der Waals surface area contributed by atoms with Crippen LogP contribution in [0.15, 0.2) is 42.6 Å². The number of nitrogens with one attached hydrogen (secondary N) is 1. The summed E-state index contributed by atoms with van der Waals surface area (Å²) in [7, 11) is 2.02. The fraction of sp³-hybridized carbons (Fsp3) is 0.556. The number of aliphatic hydroxyl groups is 2. The first-order chi connectivity index (χ1) is 28.7. The number of hydrogen-bond acceptors (Lipinski definition) is 13. The maximum atomic E-state index is 13.0. The molecule has 4 aliphatic carbocycles. The van der Waals surface area contributed by atoms with Crippen LogP contribution in [0.1, 0.15) is 86.1 Å². The van der Waals surface area contributed by atoms with E-state index < -0.39 is 5.97 Å². The van der Waals surface area contributed by atoms with Crippen LogP contribution in [0.5, 0.6) is 0 Å². The van der Waals surface area contributed by atoms with Gasteiger partial charge in [0.05, 0.1) is 28.6 Å². The zero-order valence-electron chi connectivity index (χ0n) is 35.4. The Balaban J connectivity index is 0.946. The lowest BCUT2D eigenvalue weighted by Gasteiger charge is -2.69. The molecule has 1 aromatic carbocycles. The van der Waals surface area contributed by atoms with E-state index in [4.69, 9.17) is 19.8 Å². The van der Waals surface area contributed by atoms with Crippen LogP contribution in [0.4, 0.5) is 22.6 Å². The standard InChI is InChI=1S/C45H57N9O5S/c1-28-31-9-8-14-53(39(31)51-50-38(28)49-41-47-34-10-6-7-11-35(34)60-41)36-13-12-32(37(48-36)40(57)58)33-17-46-54(29(33)2)27-44-22-42(3)21-43(4,23-44)25-45(24-42,26-44)59-16-15-52(5)18-30(19-55)20-56/h6-7,10-13,17,30,55-56H,8-9,14-16,18-27H2,1-5H3,(H,57,58)(H,47,49,50)/t42-,43+,44+,45-. The summed E-state index contributed by atoms with van der Waals surface area (Å²) in [6.45, 7) is 12.2. The molecule has 0 spiro atoms. The molecule has 0 saturated heterocycles. The fourth-order valence-electron chi connectivity index (χ4n) is 12.4. The summed E-state index contributed by atoms with van der Waals surface area (Å²) in [5.41, 5.74) is 5.32. The first kappa shape index (κ1) is 40.8. The number of aromatic nitrogens is 6. The van der Waals surface area contributed by atoms with Gasteiger partial charge in [-0.2, -0.15) is 5.10 Å². The number of hydrogen-bond donors (Lipinski definition) is 4. The van der Waals surface area contributed by atoms with Gasteiger partial charge in [0, 0.05) is 73.3 Å². The number of fused-ring (bicyclic) bond motifs is 2. The quantitative estimate of drug-likeness (QED) is 0.0838. The Labute approximate surface area is 355 Å². The van der Waals surface area contributed by atoms with E-state index in [0.29, 0.717) is 42.7 Å². The SMILES string of the molecule is Cc1c(Nc2nc3ccccc3s2)nnc2c1CCCN2c1ccc(-c2cnn(C[C@]34C[C@]5(C)C[C@](C)(C3)C[C@@](OCCN(C)CC(CO)CO)(C5)C4)c2C)c(C(=O)O)n1. The van der Waals surface area contributed by atoms with Crippen molar-refractivity contribution in [1.29, 1.82) is 0 Å². The van der Waals surface area contributed by atoms with Crippen molar-refractivity contribution in [2.75, 3.05) is 56.7 Å². The number of carboxylic acids is 1. The minimum absolute atomic E-state index is 0.000592. The largest absolute Gasteiger partial charge is 0.476 e. The molecular formula is C45H57N9O5S. The summed E-state index contributed by atoms with van der Waals surface area (Å²) < 4.78 is 10.1. The van der Waals surface area contributed by atoms with E-state index >= 15 is 0 Å². The number of para-hydroxylation sites is 1. The van der Waals surface area contributed by atoms with Crippen LogP contribution in [-0.2, 0) is 17.7 Å². The molecule has 5 heterocycles. The van der Waals surface area contributed by atoms with Crippen LogP contribution >= 0.6 is 11.3 Å². The highest BCUT2D eigenvalue weighted by Crippen LogP contribution is 2.72. The average molecular weight is 836 g/mol. The molecule has 4 N–H and O–H groups in total. The van der Waals surface area contributed by atoms with Gasteiger partial charge in [-0.3, -0.25) is 4.68 Å². The number of nitrogens with zero attached hydrogens (tertiary/aromatic N) is 8. The minimum Gasteiger partial charge on any atom is -0.476 e. The number of carboxylic acid groups (broad SMARTS) is 1. The number of carbonyl (C=O) groups is 1. The highest BCUT2D eigenvalue weighted by Gasteiger charge is 2.66. The molecule has 4 bridgehead atoms. The fourth-order valence-corrected chi connectivity index (χ4v) is 13.3. The first-order valence-electron chi connectivity index (χ1n) is 21.3. The van der Waals surface area contributed by atoms with E-state index in [1.807, 2.05) is 62.3 Å². The lowest BCUT2D eigenvalue weighted by atomic mass is 9.39. The second kappa shape index (κ2) is 15.4. The molecule has 0 unspecified atom stereocenters. The molecule has 14 nitrogen and oxygen atoms in total. The molecule has 60 heavy (non-hydrogen) atoms. The lowest BCUT2D eigenvalue weighted by molar-refractivity contribution is -0.248. The van der Waals surface area contributed by atoms with E-state index in [1.54, 1.807) is 11.3 Å². The van der Waals surface area contributed by atoms with Crippen molar-refractivity contribution in [3.8, 4) is 11.1 Å². The van der Waals surface area contributed by atoms with Crippen LogP contribution in [0.25, 0.3) is 21.3 Å². The van der Waals surface area contributed by atoms with E-state index in [2.05, 4.69) is 45.0 Å². The molecule has 0 amide bonds. The van der Waals surface area contributed by atoms with Crippen molar-refractivity contribution in [3.05, 3.63) is 65.1 Å². The zero-order chi connectivity index (χ0) is 42.0. The Hall–Kier alpha value is -4.54. The smallest absolute Gasteiger partial charge is 0.355 e. The summed E-state index contributed by atoms with van der Waals surface area (Å²) in [4.78, 5) is 26.6. The second-order valence-corrected chi connectivity index (χ2v) is 20.3. The third-order valence-corrected chi connectivity index (χ3v) is 14.7. The van der Waals surface area contributed by atoms with Crippen molar-refractivity contribution < 1.29 is 24.9 Å². The van der Waals surface area contributed by atoms with Gasteiger partial charge in [-0.1, -0.05) is 37.3 Å². The number of likely N-dealkylation sites (N-methyl/N-ethyl adjacent to an activating group) is 1. The number of anilines is 4. The maximum absolute atomic E-state index is 13.0. The van der Waals surface area contributed by atoms with E-state index in [1.165, 1.54) is 6.42 Å². The van der Waals surface area contributed by atoms with Gasteiger partial charge in [0.2, 0.25) is 0 Å². The van der Waals surface area contributed by atoms with E-state index in [-0.39, 0.29) is 46.7 Å². The van der Waals surface area contributed by atoms with Crippen LogP contribution in [0.2, 0.25) is 0 Å². The summed E-state index contributed by atoms with van der Waals surface area (Å²) in [6.07, 6.45) is 9.97. The molecule has 10 rings (SSSR count). The monoisotopic (exact) mass is 835 g/mol. The molecule has 5 aliphatic rings. The number of rotatable bonds is 15. The Morgan fingerprint density at radius 1 is 0.983 bits per heavy atom. The highest BCUT2D eigenvalue weighted by atomic mass is 32.1. The van der Waals surface area contributed by atoms with E-state index in [0.717, 1.165) is 95.8 Å². The normalized spacial score (nSPS) is 25.8. The third kappa shape index (κ3) is 7.56. The Bertz CT molecular complexity index is 2380. The summed E-state index contributed by atoms with van der Waals surface area (Å²) >= 11 is 1.57. The number of benzene rings is 1. The molecule has 1 aliphatic heterocycles. The zero-order valence-corrected chi connectivity index (χ0v) is 36.2. The number of thiazole rings is 1. The van der Waals surface area contributed by atoms with Gasteiger partial charge in [0.15, 0.2) is 22.5 Å². The highest BCUT2D eigenvalue weighted by molar-refractivity contribution is 7.22. The van der Waals surface area contributed by atoms with E-state index in [9.17, 15) is 20.1 Å². The molecular weight excluding hydrogens is 779 g/mol. The van der Waals surface area contributed by atoms with Crippen LogP contribution < -0.4 is 10.2 Å². The molecule has 15 heteroatoms. The molecule has 5 aromatic rings.